The summed E-state index contributed by atoms with van der Waals surface area (Å²) in [7, 11) is 0. The van der Waals surface area contributed by atoms with Crippen molar-refractivity contribution in [2.24, 2.45) is 0 Å². The highest BCUT2D eigenvalue weighted by Crippen LogP contribution is 2.13. The van der Waals surface area contributed by atoms with Crippen LogP contribution in [-0.2, 0) is 4.84 Å². The molecule has 0 saturated carbocycles. The molecule has 0 bridgehead atoms. The number of pyridine rings is 1. The van der Waals surface area contributed by atoms with Crippen LogP contribution in [0.15, 0.2) is 12.1 Å². The van der Waals surface area contributed by atoms with Crippen LogP contribution in [0.3, 0.4) is 0 Å². The zero-order chi connectivity index (χ0) is 10.4. The van der Waals surface area contributed by atoms with E-state index in [1.54, 1.807) is 0 Å². The van der Waals surface area contributed by atoms with E-state index in [-0.39, 0.29) is 11.8 Å². The second-order valence-corrected chi connectivity index (χ2v) is 2.66. The quantitative estimate of drug-likeness (QED) is 0.354. The van der Waals surface area contributed by atoms with E-state index in [2.05, 4.69) is 16.4 Å². The van der Waals surface area contributed by atoms with Gasteiger partial charge in [0.2, 0.25) is 0 Å². The molecule has 1 N–H and O–H groups in total. The standard InChI is InChI=1S/C9H6ClN3O/c1-2-3-14-13-9-5-7(6-11)4-8(10)12-9/h1,4-5H,3H2,(H,12,13). The van der Waals surface area contributed by atoms with Gasteiger partial charge in [-0.05, 0) is 6.07 Å². The Morgan fingerprint density at radius 3 is 3.07 bits per heavy atom. The largest absolute Gasteiger partial charge is 0.262 e. The van der Waals surface area contributed by atoms with Crippen LogP contribution in [-0.4, -0.2) is 11.6 Å². The Morgan fingerprint density at radius 1 is 1.64 bits per heavy atom. The number of rotatable bonds is 3. The molecule has 70 valence electrons. The fraction of sp³-hybridized carbons (Fsp3) is 0.111. The third-order valence-corrected chi connectivity index (χ3v) is 1.45. The Bertz CT molecular complexity index is 405. The van der Waals surface area contributed by atoms with E-state index < -0.39 is 0 Å². The molecule has 0 spiro atoms. The minimum Gasteiger partial charge on any atom is -0.262 e. The molecule has 0 saturated heterocycles. The average Bonchev–Trinajstić information content (AvgIpc) is 2.17. The van der Waals surface area contributed by atoms with Gasteiger partial charge < -0.3 is 0 Å². The van der Waals surface area contributed by atoms with Crippen molar-refractivity contribution < 1.29 is 4.84 Å². The molecule has 0 aliphatic carbocycles. The van der Waals surface area contributed by atoms with Crippen molar-refractivity contribution in [2.75, 3.05) is 12.1 Å². The highest BCUT2D eigenvalue weighted by atomic mass is 35.5. The van der Waals surface area contributed by atoms with Crippen molar-refractivity contribution in [3.05, 3.63) is 22.8 Å². The first kappa shape index (κ1) is 10.3. The molecule has 1 aromatic rings. The van der Waals surface area contributed by atoms with Gasteiger partial charge in [-0.3, -0.25) is 4.84 Å². The summed E-state index contributed by atoms with van der Waals surface area (Å²) in [6.45, 7) is 0.107. The zero-order valence-electron chi connectivity index (χ0n) is 7.12. The molecule has 0 unspecified atom stereocenters. The van der Waals surface area contributed by atoms with Gasteiger partial charge in [-0.1, -0.05) is 17.5 Å². The van der Waals surface area contributed by atoms with Crippen LogP contribution in [0.5, 0.6) is 0 Å². The van der Waals surface area contributed by atoms with E-state index in [1.807, 2.05) is 6.07 Å². The Labute approximate surface area is 86.4 Å². The lowest BCUT2D eigenvalue weighted by Gasteiger charge is -2.03. The zero-order valence-corrected chi connectivity index (χ0v) is 7.88. The molecule has 1 rings (SSSR count). The van der Waals surface area contributed by atoms with Gasteiger partial charge in [0, 0.05) is 6.07 Å². The molecule has 14 heavy (non-hydrogen) atoms. The third-order valence-electron chi connectivity index (χ3n) is 1.26. The molecule has 0 aliphatic heterocycles. The fourth-order valence-electron chi connectivity index (χ4n) is 0.765. The molecule has 4 nitrogen and oxygen atoms in total. The number of nitriles is 1. The Balaban J connectivity index is 2.74. The van der Waals surface area contributed by atoms with Crippen molar-refractivity contribution in [1.82, 2.24) is 4.98 Å². The Kier molecular flexibility index (Phi) is 3.75. The maximum atomic E-state index is 8.62. The van der Waals surface area contributed by atoms with Gasteiger partial charge in [0.05, 0.1) is 11.6 Å². The van der Waals surface area contributed by atoms with E-state index in [0.29, 0.717) is 11.4 Å². The molecule has 1 aromatic heterocycles. The van der Waals surface area contributed by atoms with E-state index in [4.69, 9.17) is 28.1 Å². The molecular weight excluding hydrogens is 202 g/mol. The second-order valence-electron chi connectivity index (χ2n) is 2.27. The van der Waals surface area contributed by atoms with Crippen molar-refractivity contribution >= 4 is 17.4 Å². The first-order chi connectivity index (χ1) is 6.76. The van der Waals surface area contributed by atoms with Crippen molar-refractivity contribution in [3.63, 3.8) is 0 Å². The summed E-state index contributed by atoms with van der Waals surface area (Å²) < 4.78 is 0. The van der Waals surface area contributed by atoms with Gasteiger partial charge in [0.25, 0.3) is 0 Å². The normalized spacial score (nSPS) is 8.79. The van der Waals surface area contributed by atoms with Crippen LogP contribution in [0.1, 0.15) is 5.56 Å². The highest BCUT2D eigenvalue weighted by molar-refractivity contribution is 6.29. The third kappa shape index (κ3) is 2.95. The summed E-state index contributed by atoms with van der Waals surface area (Å²) in [5.41, 5.74) is 2.87. The lowest BCUT2D eigenvalue weighted by Crippen LogP contribution is -2.03. The Hall–Kier alpha value is -1.75. The van der Waals surface area contributed by atoms with Crippen LogP contribution >= 0.6 is 11.6 Å². The molecule has 0 amide bonds. The summed E-state index contributed by atoms with van der Waals surface area (Å²) in [5, 5.41) is 8.84. The first-order valence-corrected chi connectivity index (χ1v) is 4.03. The molecule has 1 heterocycles. The van der Waals surface area contributed by atoms with E-state index in [1.165, 1.54) is 12.1 Å². The number of anilines is 1. The number of aromatic nitrogens is 1. The first-order valence-electron chi connectivity index (χ1n) is 3.65. The summed E-state index contributed by atoms with van der Waals surface area (Å²) in [4.78, 5) is 8.67. The van der Waals surface area contributed by atoms with Crippen LogP contribution in [0.4, 0.5) is 5.82 Å². The molecule has 5 heteroatoms. The van der Waals surface area contributed by atoms with Gasteiger partial charge in [0.1, 0.15) is 11.8 Å². The monoisotopic (exact) mass is 207 g/mol. The molecule has 0 aliphatic rings. The Morgan fingerprint density at radius 2 is 2.43 bits per heavy atom. The summed E-state index contributed by atoms with van der Waals surface area (Å²) in [5.74, 6) is 2.62. The molecule has 0 aromatic carbocycles. The predicted octanol–water partition coefficient (Wildman–Crippen LogP) is 1.58. The maximum absolute atomic E-state index is 8.62. The number of nitrogens with one attached hydrogen (secondary N) is 1. The average molecular weight is 208 g/mol. The minimum atomic E-state index is 0.107. The van der Waals surface area contributed by atoms with Crippen molar-refractivity contribution in [3.8, 4) is 18.4 Å². The number of hydrogen-bond acceptors (Lipinski definition) is 4. The van der Waals surface area contributed by atoms with Gasteiger partial charge in [0.15, 0.2) is 5.82 Å². The van der Waals surface area contributed by atoms with Crippen molar-refractivity contribution in [2.45, 2.75) is 0 Å². The number of terminal acetylenes is 1. The topological polar surface area (TPSA) is 57.9 Å². The highest BCUT2D eigenvalue weighted by Gasteiger charge is 1.99. The minimum absolute atomic E-state index is 0.107. The summed E-state index contributed by atoms with van der Waals surface area (Å²) in [6.07, 6.45) is 4.96. The van der Waals surface area contributed by atoms with Crippen molar-refractivity contribution in [1.29, 1.82) is 5.26 Å². The lowest BCUT2D eigenvalue weighted by molar-refractivity contribution is 0.232. The van der Waals surface area contributed by atoms with Crippen LogP contribution < -0.4 is 5.48 Å². The SMILES string of the molecule is C#CCONc1cc(C#N)cc(Cl)n1. The molecular formula is C9H6ClN3O. The second kappa shape index (κ2) is 5.08. The molecule has 0 fully saturated rings. The molecule has 0 radical (unpaired) electrons. The van der Waals surface area contributed by atoms with E-state index in [9.17, 15) is 0 Å². The lowest BCUT2D eigenvalue weighted by atomic mass is 10.3. The summed E-state index contributed by atoms with van der Waals surface area (Å²) in [6, 6.07) is 4.89. The smallest absolute Gasteiger partial charge is 0.152 e. The molecule has 0 atom stereocenters. The predicted molar refractivity (Wildman–Crippen MR) is 52.4 cm³/mol. The van der Waals surface area contributed by atoms with Crippen LogP contribution in [0.2, 0.25) is 5.15 Å². The fourth-order valence-corrected chi connectivity index (χ4v) is 0.974. The van der Waals surface area contributed by atoms with Gasteiger partial charge >= 0.3 is 0 Å². The number of halogens is 1. The van der Waals surface area contributed by atoms with Gasteiger partial charge in [-0.25, -0.2) is 10.5 Å². The van der Waals surface area contributed by atoms with E-state index in [0.717, 1.165) is 0 Å². The maximum Gasteiger partial charge on any atom is 0.152 e. The van der Waals surface area contributed by atoms with Crippen LogP contribution in [0, 0.1) is 23.7 Å². The number of hydrogen-bond donors (Lipinski definition) is 1. The van der Waals surface area contributed by atoms with Gasteiger partial charge in [-0.2, -0.15) is 5.26 Å². The number of nitrogens with zero attached hydrogens (tertiary/aromatic N) is 2. The van der Waals surface area contributed by atoms with E-state index >= 15 is 0 Å². The van der Waals surface area contributed by atoms with Crippen LogP contribution in [0.25, 0.3) is 0 Å². The summed E-state index contributed by atoms with van der Waals surface area (Å²) >= 11 is 5.64. The van der Waals surface area contributed by atoms with Gasteiger partial charge in [-0.15, -0.1) is 6.42 Å².